The van der Waals surface area contributed by atoms with E-state index in [2.05, 4.69) is 16.0 Å². The van der Waals surface area contributed by atoms with E-state index in [1.54, 1.807) is 0 Å². The minimum atomic E-state index is -1.13. The SMILES string of the molecule is NCCCNC(=O)CCOCC1(OC(N)=O)C2CC3OC4CC5CC6C(=O)C7NCCC(N)C7CC6CC5CC4C(N)C3CC2CC2NC3C(=O)CCOC3CC21. The molecule has 0 aromatic rings. The van der Waals surface area contributed by atoms with Crippen LogP contribution in [-0.4, -0.2) is 117 Å². The van der Waals surface area contributed by atoms with Crippen molar-refractivity contribution in [2.45, 2.75) is 138 Å². The number of Topliss-reactive ketones (excluding diaryl/α,β-unsaturated/α-hetero) is 2. The molecule has 4 saturated heterocycles. The first-order valence-corrected chi connectivity index (χ1v) is 22.4. The van der Waals surface area contributed by atoms with Gasteiger partial charge in [0.1, 0.15) is 5.60 Å². The highest BCUT2D eigenvalue weighted by atomic mass is 16.6. The fourth-order valence-corrected chi connectivity index (χ4v) is 14.4. The van der Waals surface area contributed by atoms with Gasteiger partial charge in [0, 0.05) is 67.1 Å². The van der Waals surface area contributed by atoms with E-state index >= 15 is 0 Å². The fraction of sp³-hybridized carbons (Fsp3) is 0.905. The van der Waals surface area contributed by atoms with Gasteiger partial charge >= 0.3 is 6.09 Å². The third kappa shape index (κ3) is 7.37. The van der Waals surface area contributed by atoms with Gasteiger partial charge < -0.3 is 57.8 Å². The number of rotatable bonds is 9. The van der Waals surface area contributed by atoms with Crippen LogP contribution < -0.4 is 38.9 Å². The molecule has 4 heterocycles. The van der Waals surface area contributed by atoms with Crippen LogP contribution in [0.25, 0.3) is 0 Å². The van der Waals surface area contributed by atoms with E-state index in [-0.39, 0.29) is 115 Å². The van der Waals surface area contributed by atoms with Crippen molar-refractivity contribution in [3.63, 3.8) is 0 Å². The van der Waals surface area contributed by atoms with E-state index in [0.29, 0.717) is 68.9 Å². The summed E-state index contributed by atoms with van der Waals surface area (Å²) >= 11 is 0. The van der Waals surface area contributed by atoms with Crippen LogP contribution in [0.5, 0.6) is 0 Å². The predicted molar refractivity (Wildman–Crippen MR) is 208 cm³/mol. The molecule has 0 radical (unpaired) electrons. The van der Waals surface area contributed by atoms with Gasteiger partial charge in [0.15, 0.2) is 11.6 Å². The summed E-state index contributed by atoms with van der Waals surface area (Å²) in [5.41, 5.74) is 24.4. The number of fused-ring (bicyclic) bond motifs is 8. The Hall–Kier alpha value is -2.24. The van der Waals surface area contributed by atoms with Crippen molar-refractivity contribution in [3.05, 3.63) is 0 Å². The van der Waals surface area contributed by atoms with E-state index in [1.807, 2.05) is 0 Å². The monoisotopic (exact) mass is 798 g/mol. The normalized spacial score (nSPS) is 48.6. The second-order valence-corrected chi connectivity index (χ2v) is 19.6. The zero-order valence-corrected chi connectivity index (χ0v) is 33.4. The van der Waals surface area contributed by atoms with Crippen LogP contribution in [0.1, 0.15) is 83.5 Å². The number of carbonyl (C=O) groups excluding carboxylic acids is 4. The first-order chi connectivity index (χ1) is 27.5. The molecule has 0 aromatic heterocycles. The molecule has 4 aliphatic heterocycles. The molecule has 0 spiro atoms. The largest absolute Gasteiger partial charge is 0.440 e. The molecule has 5 aliphatic carbocycles. The van der Waals surface area contributed by atoms with Gasteiger partial charge in [-0.05, 0) is 113 Å². The number of primary amides is 1. The van der Waals surface area contributed by atoms with Crippen molar-refractivity contribution >= 4 is 23.6 Å². The molecule has 19 atom stereocenters. The number of carbonyl (C=O) groups is 4. The van der Waals surface area contributed by atoms with E-state index < -0.39 is 17.7 Å². The lowest BCUT2D eigenvalue weighted by atomic mass is 9.50. The van der Waals surface area contributed by atoms with Crippen molar-refractivity contribution in [1.82, 2.24) is 16.0 Å². The van der Waals surface area contributed by atoms with Gasteiger partial charge in [-0.2, -0.15) is 0 Å². The Morgan fingerprint density at radius 2 is 1.61 bits per heavy atom. The summed E-state index contributed by atoms with van der Waals surface area (Å²) in [5.74, 6) is 2.24. The molecule has 19 unspecified atom stereocenters. The lowest BCUT2D eigenvalue weighted by Crippen LogP contribution is -2.73. The highest BCUT2D eigenvalue weighted by molar-refractivity contribution is 5.88. The number of amides is 2. The van der Waals surface area contributed by atoms with Crippen LogP contribution in [0.2, 0.25) is 0 Å². The summed E-state index contributed by atoms with van der Waals surface area (Å²) in [6, 6.07) is -0.568. The standard InChI is InChI=1S/C42H67N7O8/c43-5-1-6-47-36(51)4-8-54-19-42(57-41(46)53)28-17-34-27(14-23(28)15-31-29(42)18-35-39(49-31)32(50)3-9-55-35)37(45)26-12-20-10-22-13-25-30(44)2-7-48-38(25)40(52)24(22)11-21(20)16-33(26)56-34/h20-31,33-35,37-39,48-49H,1-19,43-45H2,(H2,46,53)(H,47,51). The Labute approximate surface area is 336 Å². The Morgan fingerprint density at radius 1 is 0.860 bits per heavy atom. The number of ether oxygens (including phenoxy) is 4. The smallest absolute Gasteiger partial charge is 0.405 e. The van der Waals surface area contributed by atoms with Crippen LogP contribution in [0.3, 0.4) is 0 Å². The van der Waals surface area contributed by atoms with Gasteiger partial charge in [0.05, 0.1) is 50.2 Å². The van der Waals surface area contributed by atoms with Crippen molar-refractivity contribution in [2.75, 3.05) is 39.5 Å². The van der Waals surface area contributed by atoms with Crippen LogP contribution in [-0.2, 0) is 33.3 Å². The number of piperidine rings is 2. The lowest BCUT2D eigenvalue weighted by molar-refractivity contribution is -0.237. The summed E-state index contributed by atoms with van der Waals surface area (Å²) in [5, 5.41) is 10.1. The highest BCUT2D eigenvalue weighted by Crippen LogP contribution is 2.59. The molecule has 15 heteroatoms. The van der Waals surface area contributed by atoms with Crippen LogP contribution in [0.4, 0.5) is 4.79 Å². The average Bonchev–Trinajstić information content (AvgIpc) is 3.18. The number of hydrogen-bond acceptors (Lipinski definition) is 13. The zero-order chi connectivity index (χ0) is 39.6. The summed E-state index contributed by atoms with van der Waals surface area (Å²) in [7, 11) is 0. The number of nitrogens with two attached hydrogens (primary N) is 4. The molecular formula is C42H67N7O8. The molecule has 9 rings (SSSR count). The Morgan fingerprint density at radius 3 is 2.42 bits per heavy atom. The van der Waals surface area contributed by atoms with Gasteiger partial charge in [-0.3, -0.25) is 14.4 Å². The minimum absolute atomic E-state index is 0.0128. The molecule has 9 aliphatic rings. The summed E-state index contributed by atoms with van der Waals surface area (Å²) in [4.78, 5) is 52.6. The summed E-state index contributed by atoms with van der Waals surface area (Å²) in [6.45, 7) is 2.40. The van der Waals surface area contributed by atoms with Crippen LogP contribution in [0, 0.1) is 59.2 Å². The van der Waals surface area contributed by atoms with Gasteiger partial charge in [0.25, 0.3) is 0 Å². The molecule has 0 bridgehead atoms. The molecule has 5 saturated carbocycles. The Kier molecular flexibility index (Phi) is 11.5. The molecule has 15 nitrogen and oxygen atoms in total. The highest BCUT2D eigenvalue weighted by Gasteiger charge is 2.65. The minimum Gasteiger partial charge on any atom is -0.440 e. The van der Waals surface area contributed by atoms with E-state index in [9.17, 15) is 19.2 Å². The van der Waals surface area contributed by atoms with Crippen molar-refractivity contribution in [3.8, 4) is 0 Å². The number of ketones is 2. The summed E-state index contributed by atoms with van der Waals surface area (Å²) in [6.07, 6.45) is 8.62. The molecule has 2 amide bonds. The second kappa shape index (κ2) is 16.3. The fourth-order valence-electron chi connectivity index (χ4n) is 14.4. The number of nitrogens with one attached hydrogen (secondary N) is 3. The van der Waals surface area contributed by atoms with Crippen molar-refractivity contribution in [1.29, 1.82) is 0 Å². The lowest BCUT2D eigenvalue weighted by Gasteiger charge is -2.63. The van der Waals surface area contributed by atoms with E-state index in [1.165, 1.54) is 0 Å². The zero-order valence-electron chi connectivity index (χ0n) is 33.4. The van der Waals surface area contributed by atoms with Gasteiger partial charge in [-0.15, -0.1) is 0 Å². The summed E-state index contributed by atoms with van der Waals surface area (Å²) < 4.78 is 26.1. The van der Waals surface area contributed by atoms with Gasteiger partial charge in [-0.1, -0.05) is 0 Å². The second-order valence-electron chi connectivity index (χ2n) is 19.6. The number of hydrogen-bond donors (Lipinski definition) is 7. The predicted octanol–water partition coefficient (Wildman–Crippen LogP) is 0.485. The third-order valence-electron chi connectivity index (χ3n) is 16.9. The average molecular weight is 798 g/mol. The first-order valence-electron chi connectivity index (χ1n) is 22.4. The molecule has 9 fully saturated rings. The van der Waals surface area contributed by atoms with Crippen molar-refractivity contribution in [2.24, 2.45) is 82.1 Å². The topological polar surface area (TPSA) is 245 Å². The molecule has 11 N–H and O–H groups in total. The van der Waals surface area contributed by atoms with E-state index in [0.717, 1.165) is 57.9 Å². The first kappa shape index (κ1) is 40.2. The maximum Gasteiger partial charge on any atom is 0.405 e. The Bertz CT molecular complexity index is 1540. The third-order valence-corrected chi connectivity index (χ3v) is 16.9. The molecule has 57 heavy (non-hydrogen) atoms. The molecule has 0 aromatic carbocycles. The van der Waals surface area contributed by atoms with E-state index in [4.69, 9.17) is 41.9 Å². The van der Waals surface area contributed by atoms with Crippen LogP contribution >= 0.6 is 0 Å². The maximum absolute atomic E-state index is 13.9. The van der Waals surface area contributed by atoms with Crippen molar-refractivity contribution < 1.29 is 38.1 Å². The van der Waals surface area contributed by atoms with Gasteiger partial charge in [0.2, 0.25) is 5.91 Å². The van der Waals surface area contributed by atoms with Crippen LogP contribution in [0.15, 0.2) is 0 Å². The molecule has 318 valence electrons. The maximum atomic E-state index is 13.9. The molecular weight excluding hydrogens is 731 g/mol. The Balaban J connectivity index is 0.945. The quantitative estimate of drug-likeness (QED) is 0.157. The van der Waals surface area contributed by atoms with Gasteiger partial charge in [-0.25, -0.2) is 4.79 Å².